The lowest BCUT2D eigenvalue weighted by Crippen LogP contribution is -2.14. The first-order valence-corrected chi connectivity index (χ1v) is 7.50. The lowest BCUT2D eigenvalue weighted by Gasteiger charge is -2.05. The zero-order valence-electron chi connectivity index (χ0n) is 12.9. The van der Waals surface area contributed by atoms with Gasteiger partial charge in [0.25, 0.3) is 5.56 Å². The molecule has 7 nitrogen and oxygen atoms in total. The molecule has 0 fully saturated rings. The van der Waals surface area contributed by atoms with Gasteiger partial charge in [0.05, 0.1) is 22.7 Å². The van der Waals surface area contributed by atoms with Crippen molar-refractivity contribution in [2.75, 3.05) is 0 Å². The largest absolute Gasteiger partial charge is 0.478 e. The Morgan fingerprint density at radius 2 is 1.88 bits per heavy atom. The van der Waals surface area contributed by atoms with Gasteiger partial charge in [0.15, 0.2) is 0 Å². The highest BCUT2D eigenvalue weighted by Gasteiger charge is 2.11. The second-order valence-electron chi connectivity index (χ2n) is 5.47. The quantitative estimate of drug-likeness (QED) is 0.600. The monoisotopic (exact) mass is 332 g/mol. The Kier molecular flexibility index (Phi) is 3.39. The van der Waals surface area contributed by atoms with E-state index in [1.807, 2.05) is 36.4 Å². The molecule has 0 unspecified atom stereocenters. The maximum Gasteiger partial charge on any atom is 0.338 e. The summed E-state index contributed by atoms with van der Waals surface area (Å²) in [7, 11) is 0. The standard InChI is InChI=1S/C18H12N4O3/c23-16-14-8-12(11-4-2-1-3-5-11)6-7-15(14)20-18(21-16)22-10-13(9-19-22)17(24)25/h1-10H,(H,24,25)(H,20,21,23). The zero-order valence-corrected chi connectivity index (χ0v) is 12.9. The lowest BCUT2D eigenvalue weighted by molar-refractivity contribution is 0.0697. The van der Waals surface area contributed by atoms with Crippen LogP contribution in [0.25, 0.3) is 28.0 Å². The SMILES string of the molecule is O=C(O)c1cnn(-c2nc3ccc(-c4ccccc4)cc3c(=O)[nH]2)c1. The molecular formula is C18H12N4O3. The van der Waals surface area contributed by atoms with Crippen LogP contribution in [0.15, 0.2) is 65.7 Å². The van der Waals surface area contributed by atoms with Crippen LogP contribution in [-0.2, 0) is 0 Å². The third-order valence-electron chi connectivity index (χ3n) is 3.85. The molecule has 0 saturated carbocycles. The van der Waals surface area contributed by atoms with Crippen LogP contribution >= 0.6 is 0 Å². The fourth-order valence-corrected chi connectivity index (χ4v) is 2.59. The number of carbonyl (C=O) groups is 1. The molecule has 0 atom stereocenters. The highest BCUT2D eigenvalue weighted by atomic mass is 16.4. The van der Waals surface area contributed by atoms with E-state index in [0.29, 0.717) is 10.9 Å². The molecule has 2 N–H and O–H groups in total. The number of rotatable bonds is 3. The third-order valence-corrected chi connectivity index (χ3v) is 3.85. The number of carboxylic acids is 1. The van der Waals surface area contributed by atoms with Gasteiger partial charge in [-0.15, -0.1) is 0 Å². The van der Waals surface area contributed by atoms with Crippen molar-refractivity contribution in [3.8, 4) is 17.1 Å². The normalized spacial score (nSPS) is 10.9. The molecule has 7 heteroatoms. The van der Waals surface area contributed by atoms with Crippen LogP contribution in [0.4, 0.5) is 0 Å². The van der Waals surface area contributed by atoms with Crippen LogP contribution in [-0.4, -0.2) is 30.8 Å². The van der Waals surface area contributed by atoms with Gasteiger partial charge in [0.2, 0.25) is 5.95 Å². The summed E-state index contributed by atoms with van der Waals surface area (Å²) < 4.78 is 1.23. The van der Waals surface area contributed by atoms with E-state index in [-0.39, 0.29) is 17.1 Å². The molecule has 0 aliphatic carbocycles. The second kappa shape index (κ2) is 5.72. The average molecular weight is 332 g/mol. The summed E-state index contributed by atoms with van der Waals surface area (Å²) in [6, 6.07) is 15.2. The lowest BCUT2D eigenvalue weighted by atomic mass is 10.0. The van der Waals surface area contributed by atoms with E-state index in [0.717, 1.165) is 11.1 Å². The van der Waals surface area contributed by atoms with Crippen LogP contribution in [0.3, 0.4) is 0 Å². The molecule has 0 spiro atoms. The summed E-state index contributed by atoms with van der Waals surface area (Å²) in [5.74, 6) is -0.931. The fourth-order valence-electron chi connectivity index (χ4n) is 2.59. The smallest absolute Gasteiger partial charge is 0.338 e. The number of H-pyrrole nitrogens is 1. The van der Waals surface area contributed by atoms with Crippen molar-refractivity contribution in [3.05, 3.63) is 76.8 Å². The summed E-state index contributed by atoms with van der Waals surface area (Å²) >= 11 is 0. The molecular weight excluding hydrogens is 320 g/mol. The topological polar surface area (TPSA) is 101 Å². The van der Waals surface area contributed by atoms with E-state index in [9.17, 15) is 9.59 Å². The van der Waals surface area contributed by atoms with Crippen molar-refractivity contribution in [1.29, 1.82) is 0 Å². The number of aromatic carboxylic acids is 1. The van der Waals surface area contributed by atoms with Gasteiger partial charge in [-0.25, -0.2) is 14.5 Å². The second-order valence-corrected chi connectivity index (χ2v) is 5.47. The molecule has 2 heterocycles. The van der Waals surface area contributed by atoms with Crippen molar-refractivity contribution in [3.63, 3.8) is 0 Å². The summed E-state index contributed by atoms with van der Waals surface area (Å²) in [6.45, 7) is 0. The van der Waals surface area contributed by atoms with Crippen LogP contribution in [0, 0.1) is 0 Å². The fraction of sp³-hybridized carbons (Fsp3) is 0. The molecule has 0 aliphatic heterocycles. The Bertz CT molecular complexity index is 1150. The number of aromatic amines is 1. The first kappa shape index (κ1) is 14.8. The summed E-state index contributed by atoms with van der Waals surface area (Å²) in [5, 5.41) is 13.3. The Hall–Kier alpha value is -3.74. The van der Waals surface area contributed by atoms with Gasteiger partial charge in [-0.3, -0.25) is 9.78 Å². The van der Waals surface area contributed by atoms with Crippen molar-refractivity contribution < 1.29 is 9.90 Å². The van der Waals surface area contributed by atoms with E-state index < -0.39 is 5.97 Å². The average Bonchev–Trinajstić information content (AvgIpc) is 3.13. The summed E-state index contributed by atoms with van der Waals surface area (Å²) in [6.07, 6.45) is 2.50. The molecule has 25 heavy (non-hydrogen) atoms. The Morgan fingerprint density at radius 1 is 1.08 bits per heavy atom. The van der Waals surface area contributed by atoms with Gasteiger partial charge in [0.1, 0.15) is 0 Å². The first-order chi connectivity index (χ1) is 12.1. The van der Waals surface area contributed by atoms with Gasteiger partial charge < -0.3 is 5.11 Å². The van der Waals surface area contributed by atoms with E-state index >= 15 is 0 Å². The van der Waals surface area contributed by atoms with E-state index in [1.165, 1.54) is 17.1 Å². The minimum atomic E-state index is -1.10. The number of nitrogens with one attached hydrogen (secondary N) is 1. The van der Waals surface area contributed by atoms with Gasteiger partial charge in [-0.05, 0) is 23.3 Å². The molecule has 0 bridgehead atoms. The van der Waals surface area contributed by atoms with Gasteiger partial charge >= 0.3 is 5.97 Å². The van der Waals surface area contributed by atoms with Gasteiger partial charge in [0, 0.05) is 6.20 Å². The Balaban J connectivity index is 1.83. The Morgan fingerprint density at radius 3 is 2.60 bits per heavy atom. The summed E-state index contributed by atoms with van der Waals surface area (Å²) in [4.78, 5) is 30.4. The molecule has 0 saturated heterocycles. The molecule has 2 aromatic carbocycles. The van der Waals surface area contributed by atoms with E-state index in [1.54, 1.807) is 12.1 Å². The van der Waals surface area contributed by atoms with Crippen molar-refractivity contribution in [2.45, 2.75) is 0 Å². The van der Waals surface area contributed by atoms with Crippen molar-refractivity contribution in [1.82, 2.24) is 19.7 Å². The van der Waals surface area contributed by atoms with Crippen molar-refractivity contribution in [2.24, 2.45) is 0 Å². The molecule has 2 aromatic heterocycles. The zero-order chi connectivity index (χ0) is 17.4. The van der Waals surface area contributed by atoms with Gasteiger partial charge in [-0.1, -0.05) is 36.4 Å². The van der Waals surface area contributed by atoms with Gasteiger partial charge in [-0.2, -0.15) is 5.10 Å². The number of hydrogen-bond donors (Lipinski definition) is 2. The van der Waals surface area contributed by atoms with E-state index in [4.69, 9.17) is 5.11 Å². The molecule has 0 amide bonds. The molecule has 4 aromatic rings. The molecule has 122 valence electrons. The number of carboxylic acid groups (broad SMARTS) is 1. The van der Waals surface area contributed by atoms with Crippen LogP contribution < -0.4 is 5.56 Å². The predicted octanol–water partition coefficient (Wildman–Crippen LogP) is 2.47. The number of hydrogen-bond acceptors (Lipinski definition) is 4. The number of benzene rings is 2. The summed E-state index contributed by atoms with van der Waals surface area (Å²) in [5.41, 5.74) is 2.13. The number of nitrogens with zero attached hydrogens (tertiary/aromatic N) is 3. The highest BCUT2D eigenvalue weighted by Crippen LogP contribution is 2.22. The predicted molar refractivity (Wildman–Crippen MR) is 91.9 cm³/mol. The maximum absolute atomic E-state index is 12.4. The minimum absolute atomic E-state index is 0.0159. The number of aromatic nitrogens is 4. The first-order valence-electron chi connectivity index (χ1n) is 7.50. The minimum Gasteiger partial charge on any atom is -0.478 e. The maximum atomic E-state index is 12.4. The van der Waals surface area contributed by atoms with Crippen LogP contribution in [0.5, 0.6) is 0 Å². The van der Waals surface area contributed by atoms with Crippen molar-refractivity contribution >= 4 is 16.9 Å². The molecule has 4 rings (SSSR count). The Labute approximate surface area is 141 Å². The number of fused-ring (bicyclic) bond motifs is 1. The van der Waals surface area contributed by atoms with Crippen LogP contribution in [0.2, 0.25) is 0 Å². The molecule has 0 aliphatic rings. The van der Waals surface area contributed by atoms with Crippen LogP contribution in [0.1, 0.15) is 10.4 Å². The van der Waals surface area contributed by atoms with E-state index in [2.05, 4.69) is 15.1 Å². The molecule has 0 radical (unpaired) electrons. The third kappa shape index (κ3) is 2.67. The highest BCUT2D eigenvalue weighted by molar-refractivity contribution is 5.87.